The zero-order valence-corrected chi connectivity index (χ0v) is 18.0. The summed E-state index contributed by atoms with van der Waals surface area (Å²) in [5.41, 5.74) is 4.63. The Morgan fingerprint density at radius 3 is 1.34 bits per heavy atom. The first-order valence-electron chi connectivity index (χ1n) is 11.4. The second-order valence-electron chi connectivity index (χ2n) is 8.97. The largest absolute Gasteiger partial charge is 0.352 e. The molecule has 2 N–H and O–H groups in total. The van der Waals surface area contributed by atoms with Crippen LogP contribution in [0.2, 0.25) is 0 Å². The van der Waals surface area contributed by atoms with Gasteiger partial charge < -0.3 is 10.6 Å². The van der Waals surface area contributed by atoms with Gasteiger partial charge >= 0.3 is 0 Å². The lowest BCUT2D eigenvalue weighted by Gasteiger charge is -2.08. The molecule has 2 saturated carbocycles. The molecule has 0 spiro atoms. The summed E-state index contributed by atoms with van der Waals surface area (Å²) in [6.45, 7) is 1.06. The summed E-state index contributed by atoms with van der Waals surface area (Å²) < 4.78 is 0. The Morgan fingerprint density at radius 1 is 0.594 bits per heavy atom. The van der Waals surface area contributed by atoms with Crippen molar-refractivity contribution in [3.8, 4) is 0 Å². The van der Waals surface area contributed by atoms with Crippen LogP contribution in [-0.4, -0.2) is 11.8 Å². The normalized spacial score (nSPS) is 23.2. The molecule has 5 rings (SSSR count). The van der Waals surface area contributed by atoms with E-state index < -0.39 is 0 Å². The lowest BCUT2D eigenvalue weighted by Crippen LogP contribution is -2.25. The summed E-state index contributed by atoms with van der Waals surface area (Å²) >= 11 is 0. The molecule has 4 heteroatoms. The summed E-state index contributed by atoms with van der Waals surface area (Å²) in [6, 6.07) is 28.6. The van der Waals surface area contributed by atoms with Crippen LogP contribution in [0.25, 0.3) is 0 Å². The zero-order valence-electron chi connectivity index (χ0n) is 18.0. The summed E-state index contributed by atoms with van der Waals surface area (Å²) in [5.74, 6) is 1.16. The van der Waals surface area contributed by atoms with Crippen molar-refractivity contribution in [1.82, 2.24) is 10.6 Å². The van der Waals surface area contributed by atoms with E-state index in [-0.39, 0.29) is 23.7 Å². The van der Waals surface area contributed by atoms with Gasteiger partial charge in [0.1, 0.15) is 0 Å². The van der Waals surface area contributed by atoms with Crippen molar-refractivity contribution < 1.29 is 9.59 Å². The van der Waals surface area contributed by atoms with E-state index in [1.54, 1.807) is 0 Å². The van der Waals surface area contributed by atoms with E-state index in [9.17, 15) is 9.59 Å². The number of hydrogen-bond acceptors (Lipinski definition) is 2. The van der Waals surface area contributed by atoms with E-state index in [0.29, 0.717) is 24.9 Å². The molecule has 4 nitrogen and oxygen atoms in total. The molecular weight excluding hydrogens is 396 g/mol. The molecule has 4 atom stereocenters. The molecule has 0 heterocycles. The van der Waals surface area contributed by atoms with Crippen LogP contribution < -0.4 is 10.6 Å². The Morgan fingerprint density at radius 2 is 0.969 bits per heavy atom. The van der Waals surface area contributed by atoms with Crippen LogP contribution in [0.5, 0.6) is 0 Å². The fraction of sp³-hybridized carbons (Fsp3) is 0.286. The Labute approximate surface area is 189 Å². The Kier molecular flexibility index (Phi) is 5.76. The molecule has 0 aromatic heterocycles. The number of carbonyl (C=O) groups excluding carboxylic acids is 2. The van der Waals surface area contributed by atoms with E-state index >= 15 is 0 Å². The minimum Gasteiger partial charge on any atom is -0.352 e. The van der Waals surface area contributed by atoms with Gasteiger partial charge in [-0.2, -0.15) is 0 Å². The van der Waals surface area contributed by atoms with Gasteiger partial charge in [-0.3, -0.25) is 9.59 Å². The maximum Gasteiger partial charge on any atom is 0.224 e. The monoisotopic (exact) mass is 424 g/mol. The maximum atomic E-state index is 12.4. The second-order valence-corrected chi connectivity index (χ2v) is 8.97. The molecule has 32 heavy (non-hydrogen) atoms. The van der Waals surface area contributed by atoms with Crippen molar-refractivity contribution in [2.24, 2.45) is 11.8 Å². The average Bonchev–Trinajstić information content (AvgIpc) is 3.76. The number of benzene rings is 3. The van der Waals surface area contributed by atoms with Crippen LogP contribution in [0, 0.1) is 11.8 Å². The minimum absolute atomic E-state index is 0.0917. The molecule has 0 aliphatic heterocycles. The average molecular weight is 425 g/mol. The van der Waals surface area contributed by atoms with E-state index in [4.69, 9.17) is 0 Å². The van der Waals surface area contributed by atoms with Crippen molar-refractivity contribution in [3.05, 3.63) is 107 Å². The molecule has 3 aromatic carbocycles. The lowest BCUT2D eigenvalue weighted by atomic mass is 10.1. The van der Waals surface area contributed by atoms with Gasteiger partial charge in [-0.15, -0.1) is 0 Å². The maximum absolute atomic E-state index is 12.4. The predicted octanol–water partition coefficient (Wildman–Crippen LogP) is 4.53. The number of rotatable bonds is 8. The summed E-state index contributed by atoms with van der Waals surface area (Å²) in [6.07, 6.45) is 1.86. The lowest BCUT2D eigenvalue weighted by molar-refractivity contribution is -0.123. The topological polar surface area (TPSA) is 58.2 Å². The molecule has 0 radical (unpaired) electrons. The summed E-state index contributed by atoms with van der Waals surface area (Å²) in [4.78, 5) is 24.9. The molecule has 0 bridgehead atoms. The fourth-order valence-corrected chi connectivity index (χ4v) is 4.52. The summed E-state index contributed by atoms with van der Waals surface area (Å²) in [7, 11) is 0. The number of hydrogen-bond donors (Lipinski definition) is 2. The number of carbonyl (C=O) groups is 2. The highest BCUT2D eigenvalue weighted by atomic mass is 16.2. The predicted molar refractivity (Wildman–Crippen MR) is 125 cm³/mol. The Hall–Kier alpha value is -3.40. The third-order valence-corrected chi connectivity index (χ3v) is 6.67. The quantitative estimate of drug-likeness (QED) is 0.558. The van der Waals surface area contributed by atoms with Gasteiger partial charge in [0, 0.05) is 24.9 Å². The first-order valence-corrected chi connectivity index (χ1v) is 11.4. The fourth-order valence-electron chi connectivity index (χ4n) is 4.52. The van der Waals surface area contributed by atoms with Gasteiger partial charge in [0.25, 0.3) is 0 Å². The van der Waals surface area contributed by atoms with Crippen LogP contribution >= 0.6 is 0 Å². The van der Waals surface area contributed by atoms with Crippen molar-refractivity contribution in [2.75, 3.05) is 0 Å². The van der Waals surface area contributed by atoms with Crippen LogP contribution in [0.15, 0.2) is 84.9 Å². The van der Waals surface area contributed by atoms with Crippen LogP contribution in [0.4, 0.5) is 0 Å². The third-order valence-electron chi connectivity index (χ3n) is 6.67. The van der Waals surface area contributed by atoms with E-state index in [1.807, 2.05) is 60.7 Å². The van der Waals surface area contributed by atoms with E-state index in [1.165, 1.54) is 11.1 Å². The van der Waals surface area contributed by atoms with Gasteiger partial charge in [0.15, 0.2) is 0 Å². The second kappa shape index (κ2) is 8.99. The van der Waals surface area contributed by atoms with E-state index in [0.717, 1.165) is 24.0 Å². The summed E-state index contributed by atoms with van der Waals surface area (Å²) in [5, 5.41) is 6.13. The molecule has 0 saturated heterocycles. The van der Waals surface area contributed by atoms with Crippen LogP contribution in [0.1, 0.15) is 46.9 Å². The molecular formula is C28H28N2O2. The highest BCUT2D eigenvalue weighted by molar-refractivity contribution is 5.83. The van der Waals surface area contributed by atoms with Crippen molar-refractivity contribution >= 4 is 11.8 Å². The SMILES string of the molecule is O=C(NCc1ccc(CNC(=O)[C@@H]2C[C@@H]2c2ccccc2)cc1)[C@@H]1C[C@@H]1c1ccccc1. The molecule has 2 amide bonds. The minimum atomic E-state index is 0.0917. The highest BCUT2D eigenvalue weighted by Gasteiger charge is 2.44. The zero-order chi connectivity index (χ0) is 21.9. The Balaban J connectivity index is 1.05. The van der Waals surface area contributed by atoms with E-state index in [2.05, 4.69) is 34.9 Å². The third kappa shape index (κ3) is 4.75. The van der Waals surface area contributed by atoms with Crippen LogP contribution in [0.3, 0.4) is 0 Å². The first kappa shape index (κ1) is 20.5. The molecule has 2 aliphatic rings. The first-order chi connectivity index (χ1) is 15.7. The smallest absolute Gasteiger partial charge is 0.224 e. The van der Waals surface area contributed by atoms with Crippen molar-refractivity contribution in [3.63, 3.8) is 0 Å². The van der Waals surface area contributed by atoms with Gasteiger partial charge in [-0.1, -0.05) is 84.9 Å². The van der Waals surface area contributed by atoms with Crippen molar-refractivity contribution in [2.45, 2.75) is 37.8 Å². The molecule has 3 aromatic rings. The number of nitrogens with one attached hydrogen (secondary N) is 2. The molecule has 0 unspecified atom stereocenters. The van der Waals surface area contributed by atoms with Crippen LogP contribution in [-0.2, 0) is 22.7 Å². The van der Waals surface area contributed by atoms with Gasteiger partial charge in [-0.05, 0) is 46.9 Å². The Bertz CT molecular complexity index is 991. The highest BCUT2D eigenvalue weighted by Crippen LogP contribution is 2.48. The van der Waals surface area contributed by atoms with Gasteiger partial charge in [0.2, 0.25) is 11.8 Å². The van der Waals surface area contributed by atoms with Gasteiger partial charge in [-0.25, -0.2) is 0 Å². The van der Waals surface area contributed by atoms with Crippen molar-refractivity contribution in [1.29, 1.82) is 0 Å². The molecule has 162 valence electrons. The molecule has 2 fully saturated rings. The standard InChI is InChI=1S/C28H28N2O2/c31-27(25-15-23(25)21-7-3-1-4-8-21)29-17-19-11-13-20(14-12-19)18-30-28(32)26-16-24(26)22-9-5-2-6-10-22/h1-14,23-26H,15-18H2,(H,29,31)(H,30,32)/t23-,24-,25-,26-/m1/s1. The van der Waals surface area contributed by atoms with Gasteiger partial charge in [0.05, 0.1) is 0 Å². The molecule has 2 aliphatic carbocycles. The number of amides is 2.